The van der Waals surface area contributed by atoms with E-state index in [1.54, 1.807) is 24.8 Å². The van der Waals surface area contributed by atoms with Gasteiger partial charge >= 0.3 is 6.18 Å². The molecule has 0 amide bonds. The van der Waals surface area contributed by atoms with Gasteiger partial charge in [0.05, 0.1) is 28.7 Å². The van der Waals surface area contributed by atoms with E-state index in [0.717, 1.165) is 34.7 Å². The zero-order chi connectivity index (χ0) is 30.1. The number of alkyl halides is 3. The molecule has 0 aromatic heterocycles. The third-order valence-electron chi connectivity index (χ3n) is 8.48. The fourth-order valence-electron chi connectivity index (χ4n) is 6.23. The van der Waals surface area contributed by atoms with Crippen LogP contribution in [0.15, 0.2) is 71.2 Å². The van der Waals surface area contributed by atoms with E-state index in [4.69, 9.17) is 0 Å². The molecular formula is C32H34F3N2O4+. The van der Waals surface area contributed by atoms with Crippen molar-refractivity contribution >= 4 is 22.9 Å². The van der Waals surface area contributed by atoms with Crippen molar-refractivity contribution < 1.29 is 37.9 Å². The quantitative estimate of drug-likeness (QED) is 0.323. The van der Waals surface area contributed by atoms with Crippen LogP contribution in [-0.4, -0.2) is 57.7 Å². The van der Waals surface area contributed by atoms with Crippen molar-refractivity contribution in [2.45, 2.75) is 51.6 Å². The monoisotopic (exact) mass is 567 g/mol. The van der Waals surface area contributed by atoms with E-state index < -0.39 is 22.6 Å². The molecule has 3 N–H and O–H groups in total. The highest BCUT2D eigenvalue weighted by Gasteiger charge is 2.47. The van der Waals surface area contributed by atoms with E-state index in [2.05, 4.69) is 6.07 Å². The second-order valence-electron chi connectivity index (χ2n) is 11.8. The molecule has 41 heavy (non-hydrogen) atoms. The number of aliphatic hydroxyl groups is 3. The third kappa shape index (κ3) is 4.42. The van der Waals surface area contributed by atoms with Crippen molar-refractivity contribution in [1.29, 1.82) is 0 Å². The van der Waals surface area contributed by atoms with Gasteiger partial charge in [-0.1, -0.05) is 25.5 Å². The van der Waals surface area contributed by atoms with Crippen molar-refractivity contribution in [2.75, 3.05) is 31.2 Å². The third-order valence-corrected chi connectivity index (χ3v) is 8.48. The van der Waals surface area contributed by atoms with Crippen LogP contribution in [0.3, 0.4) is 0 Å². The Labute approximate surface area is 237 Å². The normalized spacial score (nSPS) is 21.2. The first-order valence-corrected chi connectivity index (χ1v) is 13.5. The van der Waals surface area contributed by atoms with E-state index in [-0.39, 0.29) is 42.4 Å². The number of β-amino-alcohol motifs (C(OH)–C–C–N with tert-alkyl or cyclic N) is 2. The first-order valence-electron chi connectivity index (χ1n) is 13.5. The lowest BCUT2D eigenvalue weighted by Gasteiger charge is -2.29. The largest absolute Gasteiger partial charge is 0.506 e. The molecule has 2 heterocycles. The number of hydrogen-bond acceptors (Lipinski definition) is 5. The molecule has 0 spiro atoms. The minimum atomic E-state index is -4.52. The molecule has 2 aromatic rings. The molecule has 2 aliphatic heterocycles. The van der Waals surface area contributed by atoms with E-state index >= 15 is 0 Å². The van der Waals surface area contributed by atoms with Gasteiger partial charge in [0.1, 0.15) is 12.4 Å². The number of hydrogen-bond donors (Lipinski definition) is 3. The number of halogens is 3. The first-order chi connectivity index (χ1) is 19.1. The number of rotatable bonds is 6. The van der Waals surface area contributed by atoms with Crippen molar-refractivity contribution in [3.63, 3.8) is 0 Å². The number of allylic oxidation sites excluding steroid dienone is 5. The number of anilines is 1. The molecule has 0 unspecified atom stereocenters. The van der Waals surface area contributed by atoms with Crippen LogP contribution >= 0.6 is 0 Å². The van der Waals surface area contributed by atoms with Crippen LogP contribution in [0.25, 0.3) is 0 Å². The minimum Gasteiger partial charge on any atom is -0.506 e. The van der Waals surface area contributed by atoms with E-state index in [1.807, 2.05) is 37.5 Å². The Bertz CT molecular complexity index is 1590. The number of benzene rings is 2. The Morgan fingerprint density at radius 2 is 1.66 bits per heavy atom. The molecule has 3 aliphatic rings. The zero-order valence-corrected chi connectivity index (χ0v) is 23.7. The lowest BCUT2D eigenvalue weighted by molar-refractivity contribution is -0.441. The van der Waals surface area contributed by atoms with E-state index in [1.165, 1.54) is 12.1 Å². The lowest BCUT2D eigenvalue weighted by Crippen LogP contribution is -2.33. The number of carbonyl (C=O) groups excluding carboxylic acids is 1. The second-order valence-corrected chi connectivity index (χ2v) is 11.8. The average Bonchev–Trinajstić information content (AvgIpc) is 3.23. The summed E-state index contributed by atoms with van der Waals surface area (Å²) < 4.78 is 42.4. The topological polar surface area (TPSA) is 84.0 Å². The molecule has 1 aliphatic carbocycles. The minimum absolute atomic E-state index is 0.0598. The van der Waals surface area contributed by atoms with Crippen LogP contribution in [0.5, 0.6) is 0 Å². The molecule has 2 aromatic carbocycles. The molecule has 6 nitrogen and oxygen atoms in total. The summed E-state index contributed by atoms with van der Waals surface area (Å²) in [5, 5.41) is 30.6. The summed E-state index contributed by atoms with van der Waals surface area (Å²) in [6.45, 7) is 9.64. The highest BCUT2D eigenvalue weighted by molar-refractivity contribution is 6.24. The molecule has 216 valence electrons. The summed E-state index contributed by atoms with van der Waals surface area (Å²) in [7, 11) is 0. The van der Waals surface area contributed by atoms with Gasteiger partial charge in [-0.15, -0.1) is 0 Å². The van der Waals surface area contributed by atoms with Gasteiger partial charge in [0.15, 0.2) is 12.3 Å². The van der Waals surface area contributed by atoms with E-state index in [9.17, 15) is 33.3 Å². The molecule has 0 saturated heterocycles. The fourth-order valence-corrected chi connectivity index (χ4v) is 6.23. The van der Waals surface area contributed by atoms with Gasteiger partial charge in [0.25, 0.3) is 0 Å². The van der Waals surface area contributed by atoms with Crippen LogP contribution < -0.4 is 4.90 Å². The molecule has 0 radical (unpaired) electrons. The molecule has 5 rings (SSSR count). The van der Waals surface area contributed by atoms with Gasteiger partial charge in [-0.25, -0.2) is 0 Å². The lowest BCUT2D eigenvalue weighted by atomic mass is 9.77. The first kappa shape index (κ1) is 28.8. The van der Waals surface area contributed by atoms with Crippen molar-refractivity contribution in [3.05, 3.63) is 93.4 Å². The van der Waals surface area contributed by atoms with Crippen LogP contribution in [0.2, 0.25) is 0 Å². The maximum absolute atomic E-state index is 13.5. The fraction of sp³-hybridized carbons (Fsp3) is 0.375. The number of aryl methyl sites for hydroxylation is 1. The van der Waals surface area contributed by atoms with Gasteiger partial charge in [0.2, 0.25) is 11.5 Å². The van der Waals surface area contributed by atoms with E-state index in [0.29, 0.717) is 23.5 Å². The van der Waals surface area contributed by atoms with Crippen molar-refractivity contribution in [3.8, 4) is 0 Å². The number of Topliss-reactive ketones (excluding diaryl/α,β-unsaturated/α-hetero) is 1. The number of fused-ring (bicyclic) bond motifs is 2. The Hall–Kier alpha value is -3.69. The van der Waals surface area contributed by atoms with Gasteiger partial charge in [-0.05, 0) is 56.7 Å². The molecule has 0 atom stereocenters. The number of nitrogens with zero attached hydrogens (tertiary/aromatic N) is 2. The smallest absolute Gasteiger partial charge is 0.416 e. The standard InChI is InChI=1S/C32H33F3N2O4/c1-18-6-8-24-22(14-18)30(2,3)26(36(24)10-12-38)16-20-28(40)21(29(20)41)17-27-31(4,5)23-15-19(32(33,34)35)7-9-25(23)37(27)11-13-39/h6-9,14-17,38-39H,10-13H2,1-5H3/p+1. The Balaban J connectivity index is 1.59. The SMILES string of the molecule is Cc1ccc2c(c1)C(C)(C)C(/C=C1/C(=O)C(/C=C3\N(CCO)c4ccc(C(F)(F)F)cc4C3(C)C)=C1O)=[N+]2CCO. The summed E-state index contributed by atoms with van der Waals surface area (Å²) in [6.07, 6.45) is -1.33. The van der Waals surface area contributed by atoms with Crippen molar-refractivity contribution in [1.82, 2.24) is 0 Å². The van der Waals surface area contributed by atoms with Gasteiger partial charge in [-0.2, -0.15) is 17.7 Å². The van der Waals surface area contributed by atoms with Crippen LogP contribution in [0.4, 0.5) is 24.5 Å². The predicted octanol–water partition coefficient (Wildman–Crippen LogP) is 5.38. The maximum atomic E-state index is 13.5. The van der Waals surface area contributed by atoms with Gasteiger partial charge in [0, 0.05) is 41.1 Å². The summed E-state index contributed by atoms with van der Waals surface area (Å²) in [5.41, 5.74) is 3.27. The summed E-state index contributed by atoms with van der Waals surface area (Å²) in [6, 6.07) is 9.55. The Morgan fingerprint density at radius 3 is 2.27 bits per heavy atom. The van der Waals surface area contributed by atoms with Crippen LogP contribution in [0.1, 0.15) is 49.9 Å². The maximum Gasteiger partial charge on any atom is 0.416 e. The number of aliphatic hydroxyl groups excluding tert-OH is 3. The summed E-state index contributed by atoms with van der Waals surface area (Å²) >= 11 is 0. The average molecular weight is 568 g/mol. The highest BCUT2D eigenvalue weighted by atomic mass is 19.4. The molecule has 9 heteroatoms. The zero-order valence-electron chi connectivity index (χ0n) is 23.7. The molecular weight excluding hydrogens is 533 g/mol. The molecule has 0 bridgehead atoms. The van der Waals surface area contributed by atoms with Crippen LogP contribution in [-0.2, 0) is 21.8 Å². The Kier molecular flexibility index (Phi) is 6.82. The van der Waals surface area contributed by atoms with Crippen LogP contribution in [0, 0.1) is 6.92 Å². The second kappa shape index (κ2) is 9.70. The van der Waals surface area contributed by atoms with Gasteiger partial charge in [-0.3, -0.25) is 4.79 Å². The summed E-state index contributed by atoms with van der Waals surface area (Å²) in [5.74, 6) is -0.588. The summed E-state index contributed by atoms with van der Waals surface area (Å²) in [4.78, 5) is 15.2. The Morgan fingerprint density at radius 1 is 0.951 bits per heavy atom. The predicted molar refractivity (Wildman–Crippen MR) is 151 cm³/mol. The van der Waals surface area contributed by atoms with Gasteiger partial charge < -0.3 is 20.2 Å². The number of carbonyl (C=O) groups is 1. The highest BCUT2D eigenvalue weighted by Crippen LogP contribution is 2.50. The van der Waals surface area contributed by atoms with Crippen molar-refractivity contribution in [2.24, 2.45) is 0 Å². The number of ketones is 1. The molecule has 0 saturated carbocycles. The molecule has 0 fully saturated rings.